The molecule has 0 bridgehead atoms. The lowest BCUT2D eigenvalue weighted by atomic mass is 9.90. The van der Waals surface area contributed by atoms with Crippen molar-refractivity contribution in [1.29, 1.82) is 0 Å². The molecule has 1 fully saturated rings. The number of carbonyl (C=O) groups excluding carboxylic acids is 1. The van der Waals surface area contributed by atoms with Crippen molar-refractivity contribution in [3.05, 3.63) is 65.2 Å². The zero-order chi connectivity index (χ0) is 24.5. The number of hydrogen-bond donors (Lipinski definition) is 2. The standard InChI is InChI=1S/C26H25ClFN5O/c1-16(2)25(34)32-21-13-18-22(12-17(21)8-9-26(3)10-11-33(4)14-26)29-15-30-24(18)31-20-7-5-6-19(27)23(20)28/h5-7,12-13,15H,1,10-11,14H2,2-4H3,(H,32,34)(H,29,30,31)/t26-/m0/s1. The average molecular weight is 478 g/mol. The fraction of sp³-hybridized carbons (Fsp3) is 0.269. The van der Waals surface area contributed by atoms with Gasteiger partial charge < -0.3 is 15.5 Å². The zero-order valence-electron chi connectivity index (χ0n) is 19.3. The first-order valence-electron chi connectivity index (χ1n) is 10.8. The van der Waals surface area contributed by atoms with Gasteiger partial charge in [-0.05, 0) is 58.1 Å². The molecule has 0 saturated carbocycles. The normalized spacial score (nSPS) is 17.8. The van der Waals surface area contributed by atoms with E-state index in [0.29, 0.717) is 33.5 Å². The minimum absolute atomic E-state index is 0.00128. The van der Waals surface area contributed by atoms with Crippen LogP contribution in [-0.2, 0) is 4.79 Å². The Kier molecular flexibility index (Phi) is 6.56. The molecule has 34 heavy (non-hydrogen) atoms. The van der Waals surface area contributed by atoms with E-state index in [-0.39, 0.29) is 22.0 Å². The molecule has 0 radical (unpaired) electrons. The highest BCUT2D eigenvalue weighted by molar-refractivity contribution is 6.31. The predicted octanol–water partition coefficient (Wildman–Crippen LogP) is 5.37. The summed E-state index contributed by atoms with van der Waals surface area (Å²) >= 11 is 5.92. The molecule has 1 amide bonds. The summed E-state index contributed by atoms with van der Waals surface area (Å²) in [4.78, 5) is 23.4. The summed E-state index contributed by atoms with van der Waals surface area (Å²) in [6, 6.07) is 8.23. The third kappa shape index (κ3) is 5.04. The molecule has 2 N–H and O–H groups in total. The van der Waals surface area contributed by atoms with Crippen LogP contribution in [0.3, 0.4) is 0 Å². The number of amides is 1. The van der Waals surface area contributed by atoms with Gasteiger partial charge in [-0.15, -0.1) is 0 Å². The molecule has 1 atom stereocenters. The number of benzene rings is 2. The maximum atomic E-state index is 14.5. The first kappa shape index (κ1) is 23.7. The van der Waals surface area contributed by atoms with E-state index in [4.69, 9.17) is 11.6 Å². The monoisotopic (exact) mass is 477 g/mol. The van der Waals surface area contributed by atoms with Gasteiger partial charge in [0.25, 0.3) is 5.91 Å². The van der Waals surface area contributed by atoms with Crippen molar-refractivity contribution in [3.8, 4) is 11.8 Å². The van der Waals surface area contributed by atoms with E-state index in [1.165, 1.54) is 12.4 Å². The van der Waals surface area contributed by atoms with Gasteiger partial charge in [-0.1, -0.05) is 36.1 Å². The summed E-state index contributed by atoms with van der Waals surface area (Å²) in [5.74, 6) is 6.13. The molecule has 1 aliphatic rings. The molecular weight excluding hydrogens is 453 g/mol. The first-order valence-corrected chi connectivity index (χ1v) is 11.2. The van der Waals surface area contributed by atoms with Gasteiger partial charge in [-0.3, -0.25) is 4.79 Å². The second-order valence-electron chi connectivity index (χ2n) is 8.90. The van der Waals surface area contributed by atoms with Crippen LogP contribution in [0.5, 0.6) is 0 Å². The highest BCUT2D eigenvalue weighted by Crippen LogP contribution is 2.32. The van der Waals surface area contributed by atoms with Crippen molar-refractivity contribution in [2.45, 2.75) is 20.3 Å². The molecule has 1 aliphatic heterocycles. The lowest BCUT2D eigenvalue weighted by Crippen LogP contribution is -2.20. The zero-order valence-corrected chi connectivity index (χ0v) is 20.1. The van der Waals surface area contributed by atoms with E-state index >= 15 is 0 Å². The summed E-state index contributed by atoms with van der Waals surface area (Å²) in [7, 11) is 2.08. The van der Waals surface area contributed by atoms with E-state index in [1.54, 1.807) is 31.2 Å². The average Bonchev–Trinajstić information content (AvgIpc) is 3.14. The van der Waals surface area contributed by atoms with Crippen molar-refractivity contribution >= 4 is 45.6 Å². The molecular formula is C26H25ClFN5O. The number of rotatable bonds is 4. The SMILES string of the molecule is C=C(C)C(=O)Nc1cc2c(Nc3cccc(Cl)c3F)ncnc2cc1C#C[C@@]1(C)CCN(C)C1. The summed E-state index contributed by atoms with van der Waals surface area (Å²) in [6.07, 6.45) is 2.36. The Labute approximate surface area is 203 Å². The van der Waals surface area contributed by atoms with Gasteiger partial charge >= 0.3 is 0 Å². The van der Waals surface area contributed by atoms with Crippen LogP contribution >= 0.6 is 11.6 Å². The fourth-order valence-electron chi connectivity index (χ4n) is 3.88. The highest BCUT2D eigenvalue weighted by Gasteiger charge is 2.30. The molecule has 3 aromatic rings. The molecule has 2 aromatic carbocycles. The van der Waals surface area contributed by atoms with Crippen molar-refractivity contribution < 1.29 is 9.18 Å². The van der Waals surface area contributed by atoms with Crippen LogP contribution in [0, 0.1) is 23.1 Å². The Morgan fingerprint density at radius 1 is 1.29 bits per heavy atom. The number of carbonyl (C=O) groups is 1. The Morgan fingerprint density at radius 3 is 2.79 bits per heavy atom. The van der Waals surface area contributed by atoms with Crippen LogP contribution < -0.4 is 10.6 Å². The van der Waals surface area contributed by atoms with Crippen molar-refractivity contribution in [2.24, 2.45) is 5.41 Å². The highest BCUT2D eigenvalue weighted by atomic mass is 35.5. The quantitative estimate of drug-likeness (QED) is 0.390. The summed E-state index contributed by atoms with van der Waals surface area (Å²) in [5.41, 5.74) is 2.16. The largest absolute Gasteiger partial charge is 0.337 e. The molecule has 1 saturated heterocycles. The van der Waals surface area contributed by atoms with Crippen LogP contribution in [0.2, 0.25) is 5.02 Å². The third-order valence-electron chi connectivity index (χ3n) is 5.78. The van der Waals surface area contributed by atoms with Crippen molar-refractivity contribution in [3.63, 3.8) is 0 Å². The Hall–Kier alpha value is -3.47. The van der Waals surface area contributed by atoms with E-state index in [9.17, 15) is 9.18 Å². The molecule has 1 aromatic heterocycles. The fourth-order valence-corrected chi connectivity index (χ4v) is 4.05. The number of halogens is 2. The van der Waals surface area contributed by atoms with E-state index in [1.807, 2.05) is 0 Å². The van der Waals surface area contributed by atoms with Crippen LogP contribution in [0.25, 0.3) is 10.9 Å². The van der Waals surface area contributed by atoms with E-state index in [0.717, 1.165) is 19.5 Å². The van der Waals surface area contributed by atoms with Gasteiger partial charge in [0.05, 0.1) is 27.5 Å². The minimum Gasteiger partial charge on any atom is -0.337 e. The Balaban J connectivity index is 1.80. The molecule has 174 valence electrons. The van der Waals surface area contributed by atoms with E-state index < -0.39 is 5.82 Å². The van der Waals surface area contributed by atoms with Gasteiger partial charge in [0.2, 0.25) is 0 Å². The third-order valence-corrected chi connectivity index (χ3v) is 6.07. The van der Waals surface area contributed by atoms with Crippen molar-refractivity contribution in [2.75, 3.05) is 30.8 Å². The topological polar surface area (TPSA) is 70.1 Å². The molecule has 8 heteroatoms. The molecule has 0 aliphatic carbocycles. The Morgan fingerprint density at radius 2 is 2.09 bits per heavy atom. The van der Waals surface area contributed by atoms with Gasteiger partial charge in [0.1, 0.15) is 12.1 Å². The molecule has 4 rings (SSSR count). The smallest absolute Gasteiger partial charge is 0.250 e. The van der Waals surface area contributed by atoms with Gasteiger partial charge in [0.15, 0.2) is 5.82 Å². The van der Waals surface area contributed by atoms with Gasteiger partial charge in [0, 0.05) is 22.9 Å². The first-order chi connectivity index (χ1) is 16.1. The minimum atomic E-state index is -0.580. The van der Waals surface area contributed by atoms with Crippen LogP contribution in [-0.4, -0.2) is 40.9 Å². The number of hydrogen-bond acceptors (Lipinski definition) is 5. The van der Waals surface area contributed by atoms with Crippen molar-refractivity contribution in [1.82, 2.24) is 14.9 Å². The summed E-state index contributed by atoms with van der Waals surface area (Å²) in [6.45, 7) is 9.36. The maximum Gasteiger partial charge on any atom is 0.250 e. The predicted molar refractivity (Wildman–Crippen MR) is 135 cm³/mol. The van der Waals surface area contributed by atoms with Gasteiger partial charge in [-0.25, -0.2) is 14.4 Å². The van der Waals surface area contributed by atoms with Crippen LogP contribution in [0.4, 0.5) is 21.6 Å². The van der Waals surface area contributed by atoms with Gasteiger partial charge in [-0.2, -0.15) is 0 Å². The number of anilines is 3. The second-order valence-corrected chi connectivity index (χ2v) is 9.30. The Bertz CT molecular complexity index is 1360. The lowest BCUT2D eigenvalue weighted by molar-refractivity contribution is -0.112. The maximum absolute atomic E-state index is 14.5. The van der Waals surface area contributed by atoms with E-state index in [2.05, 4.69) is 57.9 Å². The number of nitrogens with one attached hydrogen (secondary N) is 2. The number of likely N-dealkylation sites (tertiary alicyclic amines) is 1. The second kappa shape index (κ2) is 9.41. The molecule has 2 heterocycles. The number of fused-ring (bicyclic) bond motifs is 1. The number of nitrogens with zero attached hydrogens (tertiary/aromatic N) is 3. The lowest BCUT2D eigenvalue weighted by Gasteiger charge is -2.16. The van der Waals surface area contributed by atoms with Crippen LogP contribution in [0.15, 0.2) is 48.8 Å². The molecule has 0 spiro atoms. The summed E-state index contributed by atoms with van der Waals surface area (Å²) < 4.78 is 14.5. The van der Waals surface area contributed by atoms with Crippen LogP contribution in [0.1, 0.15) is 25.8 Å². The number of aromatic nitrogens is 2. The molecule has 0 unspecified atom stereocenters. The molecule has 6 nitrogen and oxygen atoms in total. The summed E-state index contributed by atoms with van der Waals surface area (Å²) in [5, 5.41) is 6.46.